The van der Waals surface area contributed by atoms with Gasteiger partial charge in [0.1, 0.15) is 0 Å². The Morgan fingerprint density at radius 3 is 2.80 bits per heavy atom. The largest absolute Gasteiger partial charge is 0.321 e. The zero-order valence-electron chi connectivity index (χ0n) is 5.97. The summed E-state index contributed by atoms with van der Waals surface area (Å²) in [6.07, 6.45) is 0.806. The van der Waals surface area contributed by atoms with Gasteiger partial charge in [-0.2, -0.15) is 11.8 Å². The van der Waals surface area contributed by atoms with E-state index in [0.717, 1.165) is 17.9 Å². The average Bonchev–Trinajstić information content (AvgIpc) is 1.88. The van der Waals surface area contributed by atoms with Crippen LogP contribution in [0.2, 0.25) is 0 Å². The molecule has 0 bridgehead atoms. The second-order valence-electron chi connectivity index (χ2n) is 1.90. The fourth-order valence-electron chi connectivity index (χ4n) is 0.468. The summed E-state index contributed by atoms with van der Waals surface area (Å²) in [6.45, 7) is 2.10. The number of hydrogen-bond acceptors (Lipinski definition) is 3. The number of thioether (sulfide) groups is 1. The number of rotatable bonds is 5. The number of carbonyl (C=O) groups is 1. The first-order valence-corrected chi connectivity index (χ1v) is 5.44. The van der Waals surface area contributed by atoms with Crippen molar-refractivity contribution in [3.63, 3.8) is 0 Å². The maximum absolute atomic E-state index is 10.6. The SMILES string of the molecule is CCSCC[C@H](N)C(=O)I. The van der Waals surface area contributed by atoms with Gasteiger partial charge in [0.05, 0.1) is 6.04 Å². The van der Waals surface area contributed by atoms with Crippen LogP contribution in [-0.4, -0.2) is 21.3 Å². The maximum Gasteiger partial charge on any atom is 0.208 e. The van der Waals surface area contributed by atoms with Crippen molar-refractivity contribution in [2.24, 2.45) is 5.73 Å². The molecule has 0 aromatic heterocycles. The van der Waals surface area contributed by atoms with Gasteiger partial charge < -0.3 is 5.73 Å². The van der Waals surface area contributed by atoms with E-state index in [-0.39, 0.29) is 9.83 Å². The number of nitrogens with two attached hydrogens (primary N) is 1. The molecule has 4 heteroatoms. The first-order chi connectivity index (χ1) is 4.68. The molecule has 0 heterocycles. The lowest BCUT2D eigenvalue weighted by Gasteiger charge is -2.03. The molecule has 0 amide bonds. The van der Waals surface area contributed by atoms with Crippen LogP contribution in [0.15, 0.2) is 0 Å². The molecule has 60 valence electrons. The highest BCUT2D eigenvalue weighted by atomic mass is 127. The van der Waals surface area contributed by atoms with Crippen molar-refractivity contribution in [1.82, 2.24) is 0 Å². The van der Waals surface area contributed by atoms with E-state index < -0.39 is 0 Å². The van der Waals surface area contributed by atoms with Gasteiger partial charge in [0.2, 0.25) is 3.79 Å². The molecule has 0 saturated heterocycles. The lowest BCUT2D eigenvalue weighted by Crippen LogP contribution is -2.26. The zero-order valence-corrected chi connectivity index (χ0v) is 8.94. The minimum absolute atomic E-state index is 0.0642. The third-order valence-corrected chi connectivity index (χ3v) is 2.80. The van der Waals surface area contributed by atoms with E-state index in [1.54, 1.807) is 22.6 Å². The van der Waals surface area contributed by atoms with Crippen molar-refractivity contribution in [1.29, 1.82) is 0 Å². The van der Waals surface area contributed by atoms with Gasteiger partial charge in [-0.25, -0.2) is 0 Å². The van der Waals surface area contributed by atoms with E-state index in [1.165, 1.54) is 0 Å². The van der Waals surface area contributed by atoms with Crippen LogP contribution in [0.5, 0.6) is 0 Å². The molecule has 0 rings (SSSR count). The number of carbonyl (C=O) groups excluding carboxylic acids is 1. The Kier molecular flexibility index (Phi) is 6.88. The first kappa shape index (κ1) is 10.7. The van der Waals surface area contributed by atoms with Crippen molar-refractivity contribution < 1.29 is 4.79 Å². The Morgan fingerprint density at radius 2 is 2.40 bits per heavy atom. The molecule has 0 spiro atoms. The lowest BCUT2D eigenvalue weighted by atomic mass is 10.3. The number of hydrogen-bond donors (Lipinski definition) is 1. The third kappa shape index (κ3) is 5.49. The first-order valence-electron chi connectivity index (χ1n) is 3.21. The van der Waals surface area contributed by atoms with E-state index in [9.17, 15) is 4.79 Å². The van der Waals surface area contributed by atoms with Crippen LogP contribution in [0.25, 0.3) is 0 Å². The van der Waals surface area contributed by atoms with Crippen molar-refractivity contribution in [2.75, 3.05) is 11.5 Å². The van der Waals surface area contributed by atoms with Gasteiger partial charge in [-0.05, 0) is 17.9 Å². The summed E-state index contributed by atoms with van der Waals surface area (Å²) in [5.74, 6) is 2.09. The van der Waals surface area contributed by atoms with E-state index in [4.69, 9.17) is 5.73 Å². The molecular weight excluding hydrogens is 261 g/mol. The monoisotopic (exact) mass is 273 g/mol. The summed E-state index contributed by atoms with van der Waals surface area (Å²) >= 11 is 3.57. The molecule has 0 fully saturated rings. The lowest BCUT2D eigenvalue weighted by molar-refractivity contribution is -0.110. The average molecular weight is 273 g/mol. The van der Waals surface area contributed by atoms with Crippen LogP contribution < -0.4 is 5.73 Å². The highest BCUT2D eigenvalue weighted by molar-refractivity contribution is 14.1. The molecule has 1 atom stereocenters. The van der Waals surface area contributed by atoms with E-state index in [1.807, 2.05) is 11.8 Å². The summed E-state index contributed by atoms with van der Waals surface area (Å²) in [7, 11) is 0. The summed E-state index contributed by atoms with van der Waals surface area (Å²) in [4.78, 5) is 10.6. The van der Waals surface area contributed by atoms with Gasteiger partial charge in [0.25, 0.3) is 0 Å². The molecule has 2 N–H and O–H groups in total. The Hall–Kier alpha value is 0.710. The highest BCUT2D eigenvalue weighted by Gasteiger charge is 2.07. The van der Waals surface area contributed by atoms with Crippen LogP contribution in [0, 0.1) is 0 Å². The summed E-state index contributed by atoms with van der Waals surface area (Å²) in [5, 5.41) is 0. The molecule has 0 saturated carbocycles. The van der Waals surface area contributed by atoms with Crippen molar-refractivity contribution in [2.45, 2.75) is 19.4 Å². The Bertz CT molecular complexity index is 110. The summed E-state index contributed by atoms with van der Waals surface area (Å²) in [6, 6.07) is -0.250. The number of halogens is 1. The van der Waals surface area contributed by atoms with Crippen LogP contribution in [0.4, 0.5) is 0 Å². The predicted octanol–water partition coefficient (Wildman–Crippen LogP) is 1.42. The molecule has 0 aromatic carbocycles. The van der Waals surface area contributed by atoms with Crippen LogP contribution in [-0.2, 0) is 4.79 Å². The quantitative estimate of drug-likeness (QED) is 0.468. The molecule has 0 aliphatic heterocycles. The standard InChI is InChI=1S/C6H12INOS/c1-2-10-4-3-5(8)6(7)9/h5H,2-4,8H2,1H3/t5-/m0/s1. The predicted molar refractivity (Wildman–Crippen MR) is 54.6 cm³/mol. The van der Waals surface area contributed by atoms with Gasteiger partial charge >= 0.3 is 0 Å². The van der Waals surface area contributed by atoms with Gasteiger partial charge in [0.15, 0.2) is 0 Å². The molecule has 0 aliphatic rings. The van der Waals surface area contributed by atoms with Gasteiger partial charge in [-0.3, -0.25) is 4.79 Å². The van der Waals surface area contributed by atoms with Gasteiger partial charge in [-0.1, -0.05) is 6.92 Å². The molecule has 0 aliphatic carbocycles. The van der Waals surface area contributed by atoms with E-state index >= 15 is 0 Å². The van der Waals surface area contributed by atoms with E-state index in [2.05, 4.69) is 6.92 Å². The second kappa shape index (κ2) is 6.42. The zero-order chi connectivity index (χ0) is 7.98. The minimum Gasteiger partial charge on any atom is -0.321 e. The summed E-state index contributed by atoms with van der Waals surface area (Å²) in [5.41, 5.74) is 5.49. The highest BCUT2D eigenvalue weighted by Crippen LogP contribution is 2.05. The van der Waals surface area contributed by atoms with Crippen molar-refractivity contribution in [3.05, 3.63) is 0 Å². The molecule has 10 heavy (non-hydrogen) atoms. The minimum atomic E-state index is -0.250. The second-order valence-corrected chi connectivity index (χ2v) is 4.35. The van der Waals surface area contributed by atoms with Gasteiger partial charge in [0, 0.05) is 22.6 Å². The molecule has 0 aromatic rings. The normalized spacial score (nSPS) is 13.1. The topological polar surface area (TPSA) is 43.1 Å². The van der Waals surface area contributed by atoms with Crippen LogP contribution in [0.1, 0.15) is 13.3 Å². The van der Waals surface area contributed by atoms with Crippen LogP contribution >= 0.6 is 34.4 Å². The van der Waals surface area contributed by atoms with E-state index in [0.29, 0.717) is 0 Å². The van der Waals surface area contributed by atoms with Crippen molar-refractivity contribution in [3.8, 4) is 0 Å². The fraction of sp³-hybridized carbons (Fsp3) is 0.833. The molecule has 2 nitrogen and oxygen atoms in total. The van der Waals surface area contributed by atoms with Crippen LogP contribution in [0.3, 0.4) is 0 Å². The maximum atomic E-state index is 10.6. The Balaban J connectivity index is 3.21. The Morgan fingerprint density at radius 1 is 1.80 bits per heavy atom. The molecular formula is C6H12INOS. The fourth-order valence-corrected chi connectivity index (χ4v) is 1.49. The Labute approximate surface area is 79.5 Å². The summed E-state index contributed by atoms with van der Waals surface area (Å²) < 4.78 is 0.0642. The third-order valence-electron chi connectivity index (χ3n) is 1.07. The van der Waals surface area contributed by atoms with Crippen molar-refractivity contribution >= 4 is 38.1 Å². The van der Waals surface area contributed by atoms with Gasteiger partial charge in [-0.15, -0.1) is 0 Å². The molecule has 0 radical (unpaired) electrons. The smallest absolute Gasteiger partial charge is 0.208 e. The molecule has 0 unspecified atom stereocenters.